The maximum absolute atomic E-state index is 9.87. The average molecular weight is 348 g/mol. The van der Waals surface area contributed by atoms with Gasteiger partial charge in [0, 0.05) is 22.6 Å². The molecule has 0 radical (unpaired) electrons. The smallest absolute Gasteiger partial charge is 0.245 e. The molecule has 1 heterocycles. The van der Waals surface area contributed by atoms with E-state index in [1.54, 1.807) is 12.1 Å². The van der Waals surface area contributed by atoms with Crippen molar-refractivity contribution in [1.82, 2.24) is 14.1 Å². The second-order valence-corrected chi connectivity index (χ2v) is 5.91. The number of nitrogens with one attached hydrogen (secondary N) is 1. The first-order chi connectivity index (χ1) is 10.1. The van der Waals surface area contributed by atoms with Crippen LogP contribution in [0.4, 0.5) is 0 Å². The lowest BCUT2D eigenvalue weighted by Crippen LogP contribution is -2.33. The van der Waals surface area contributed by atoms with Gasteiger partial charge in [0.2, 0.25) is 5.88 Å². The predicted molar refractivity (Wildman–Crippen MR) is 84.3 cm³/mol. The van der Waals surface area contributed by atoms with E-state index >= 15 is 0 Å². The van der Waals surface area contributed by atoms with Gasteiger partial charge in [-0.15, -0.1) is 4.37 Å². The molecule has 2 rings (SSSR count). The maximum Gasteiger partial charge on any atom is 0.245 e. The standard InChI is InChI=1S/C13H15Cl2N3O2S/c1-8(11-3-2-9(14)4-12(11)15)16-5-10(19)7-20-13-6-17-21-18-13/h2-4,6,8,10,16,19H,5,7H2,1H3. The van der Waals surface area contributed by atoms with Crippen molar-refractivity contribution >= 4 is 34.9 Å². The van der Waals surface area contributed by atoms with Crippen LogP contribution in [0.1, 0.15) is 18.5 Å². The van der Waals surface area contributed by atoms with Crippen LogP contribution in [0.5, 0.6) is 5.88 Å². The van der Waals surface area contributed by atoms with Gasteiger partial charge in [-0.25, -0.2) is 0 Å². The zero-order valence-corrected chi connectivity index (χ0v) is 13.6. The lowest BCUT2D eigenvalue weighted by Gasteiger charge is -2.18. The fourth-order valence-electron chi connectivity index (χ4n) is 1.74. The van der Waals surface area contributed by atoms with Crippen molar-refractivity contribution in [1.29, 1.82) is 0 Å². The number of aromatic nitrogens is 2. The van der Waals surface area contributed by atoms with E-state index in [1.807, 2.05) is 13.0 Å². The van der Waals surface area contributed by atoms with Gasteiger partial charge in [0.25, 0.3) is 0 Å². The van der Waals surface area contributed by atoms with Gasteiger partial charge in [0.05, 0.1) is 11.7 Å². The Morgan fingerprint density at radius 1 is 1.43 bits per heavy atom. The molecule has 0 saturated carbocycles. The van der Waals surface area contributed by atoms with E-state index in [0.717, 1.165) is 17.3 Å². The van der Waals surface area contributed by atoms with Gasteiger partial charge in [0.15, 0.2) is 0 Å². The summed E-state index contributed by atoms with van der Waals surface area (Å²) >= 11 is 13.1. The highest BCUT2D eigenvalue weighted by Crippen LogP contribution is 2.25. The summed E-state index contributed by atoms with van der Waals surface area (Å²) in [5.41, 5.74) is 0.929. The number of rotatable bonds is 7. The Hall–Kier alpha value is -0.920. The molecule has 0 spiro atoms. The third-order valence-corrected chi connectivity index (χ3v) is 3.88. The maximum atomic E-state index is 9.87. The number of ether oxygens (including phenoxy) is 1. The molecule has 0 fully saturated rings. The van der Waals surface area contributed by atoms with E-state index < -0.39 is 6.10 Å². The minimum Gasteiger partial charge on any atom is -0.473 e. The number of aliphatic hydroxyl groups is 1. The largest absolute Gasteiger partial charge is 0.473 e. The molecular formula is C13H15Cl2N3O2S. The van der Waals surface area contributed by atoms with Gasteiger partial charge in [-0.1, -0.05) is 29.3 Å². The molecule has 0 aliphatic carbocycles. The van der Waals surface area contributed by atoms with Crippen molar-refractivity contribution in [3.8, 4) is 5.88 Å². The highest BCUT2D eigenvalue weighted by atomic mass is 35.5. The monoisotopic (exact) mass is 347 g/mol. The topological polar surface area (TPSA) is 67.3 Å². The van der Waals surface area contributed by atoms with Crippen molar-refractivity contribution in [3.63, 3.8) is 0 Å². The van der Waals surface area contributed by atoms with E-state index in [9.17, 15) is 5.11 Å². The second-order valence-electron chi connectivity index (χ2n) is 4.51. The fraction of sp³-hybridized carbons (Fsp3) is 0.385. The first-order valence-electron chi connectivity index (χ1n) is 6.33. The fourth-order valence-corrected chi connectivity index (χ4v) is 2.67. The average Bonchev–Trinajstić information content (AvgIpc) is 2.95. The van der Waals surface area contributed by atoms with Crippen molar-refractivity contribution in [2.75, 3.05) is 13.2 Å². The summed E-state index contributed by atoms with van der Waals surface area (Å²) < 4.78 is 13.0. The third kappa shape index (κ3) is 5.09. The first kappa shape index (κ1) is 16.5. The Labute approximate surface area is 137 Å². The molecule has 0 bridgehead atoms. The minimum atomic E-state index is -0.653. The quantitative estimate of drug-likeness (QED) is 0.805. The van der Waals surface area contributed by atoms with E-state index in [2.05, 4.69) is 14.1 Å². The van der Waals surface area contributed by atoms with Crippen molar-refractivity contribution in [2.24, 2.45) is 0 Å². The van der Waals surface area contributed by atoms with Crippen LogP contribution in [0.3, 0.4) is 0 Å². The van der Waals surface area contributed by atoms with Gasteiger partial charge in [-0.3, -0.25) is 0 Å². The molecular weight excluding hydrogens is 333 g/mol. The van der Waals surface area contributed by atoms with Crippen molar-refractivity contribution in [3.05, 3.63) is 40.0 Å². The zero-order valence-electron chi connectivity index (χ0n) is 11.3. The highest BCUT2D eigenvalue weighted by molar-refractivity contribution is 6.99. The molecule has 0 aliphatic rings. The highest BCUT2D eigenvalue weighted by Gasteiger charge is 2.12. The molecule has 2 unspecified atom stereocenters. The number of hydrogen-bond acceptors (Lipinski definition) is 6. The SMILES string of the molecule is CC(NCC(O)COc1cnsn1)c1ccc(Cl)cc1Cl. The lowest BCUT2D eigenvalue weighted by molar-refractivity contribution is 0.102. The van der Waals surface area contributed by atoms with Crippen LogP contribution in [-0.2, 0) is 0 Å². The predicted octanol–water partition coefficient (Wildman–Crippen LogP) is 2.94. The lowest BCUT2D eigenvalue weighted by atomic mass is 10.1. The Morgan fingerprint density at radius 3 is 2.90 bits per heavy atom. The molecule has 2 atom stereocenters. The van der Waals surface area contributed by atoms with Gasteiger partial charge in [-0.2, -0.15) is 4.37 Å². The minimum absolute atomic E-state index is 0.00893. The molecule has 0 saturated heterocycles. The molecule has 5 nitrogen and oxygen atoms in total. The summed E-state index contributed by atoms with van der Waals surface area (Å²) in [5.74, 6) is 0.424. The normalized spacial score (nSPS) is 13.9. The number of nitrogens with zero attached hydrogens (tertiary/aromatic N) is 2. The number of halogens is 2. The second kappa shape index (κ2) is 7.91. The Kier molecular flexibility index (Phi) is 6.20. The van der Waals surface area contributed by atoms with Crippen LogP contribution in [-0.4, -0.2) is 33.1 Å². The van der Waals surface area contributed by atoms with Crippen molar-refractivity contribution in [2.45, 2.75) is 19.1 Å². The van der Waals surface area contributed by atoms with Gasteiger partial charge >= 0.3 is 0 Å². The van der Waals surface area contributed by atoms with E-state index in [-0.39, 0.29) is 12.6 Å². The van der Waals surface area contributed by atoms with E-state index in [1.165, 1.54) is 6.20 Å². The third-order valence-electron chi connectivity index (χ3n) is 2.85. The zero-order chi connectivity index (χ0) is 15.2. The summed E-state index contributed by atoms with van der Waals surface area (Å²) in [6.45, 7) is 2.49. The summed E-state index contributed by atoms with van der Waals surface area (Å²) in [4.78, 5) is 0. The Morgan fingerprint density at radius 2 is 2.24 bits per heavy atom. The summed E-state index contributed by atoms with van der Waals surface area (Å²) in [5, 5.41) is 14.3. The van der Waals surface area contributed by atoms with Crippen molar-refractivity contribution < 1.29 is 9.84 Å². The summed E-state index contributed by atoms with van der Waals surface area (Å²) in [6, 6.07) is 5.35. The molecule has 2 N–H and O–H groups in total. The molecule has 8 heteroatoms. The summed E-state index contributed by atoms with van der Waals surface area (Å²) in [7, 11) is 0. The van der Waals surface area contributed by atoms with Crippen LogP contribution >= 0.6 is 34.9 Å². The molecule has 114 valence electrons. The van der Waals surface area contributed by atoms with Gasteiger partial charge < -0.3 is 15.2 Å². The van der Waals surface area contributed by atoms with E-state index in [0.29, 0.717) is 22.5 Å². The van der Waals surface area contributed by atoms with E-state index in [4.69, 9.17) is 27.9 Å². The van der Waals surface area contributed by atoms with Crippen LogP contribution in [0.25, 0.3) is 0 Å². The number of aliphatic hydroxyl groups excluding tert-OH is 1. The molecule has 2 aromatic rings. The Balaban J connectivity index is 1.78. The number of benzene rings is 1. The first-order valence-corrected chi connectivity index (χ1v) is 7.81. The molecule has 0 aliphatic heterocycles. The Bertz CT molecular complexity index is 569. The van der Waals surface area contributed by atoms with Gasteiger partial charge in [0.1, 0.15) is 18.9 Å². The van der Waals surface area contributed by atoms with Crippen LogP contribution < -0.4 is 10.1 Å². The molecule has 0 amide bonds. The summed E-state index contributed by atoms with van der Waals surface area (Å²) in [6.07, 6.45) is 0.862. The van der Waals surface area contributed by atoms with Gasteiger partial charge in [-0.05, 0) is 24.6 Å². The molecule has 1 aromatic carbocycles. The molecule has 21 heavy (non-hydrogen) atoms. The number of hydrogen-bond donors (Lipinski definition) is 2. The van der Waals surface area contributed by atoms with Crippen LogP contribution in [0, 0.1) is 0 Å². The van der Waals surface area contributed by atoms with Crippen LogP contribution in [0.2, 0.25) is 10.0 Å². The van der Waals surface area contributed by atoms with Crippen LogP contribution in [0.15, 0.2) is 24.4 Å². The molecule has 1 aromatic heterocycles.